The summed E-state index contributed by atoms with van der Waals surface area (Å²) < 4.78 is 17.1. The third kappa shape index (κ3) is 3.98. The second-order valence-corrected chi connectivity index (χ2v) is 5.53. The van der Waals surface area contributed by atoms with Crippen LogP contribution < -0.4 is 14.2 Å². The quantitative estimate of drug-likeness (QED) is 0.818. The molecular weight excluding hydrogens is 306 g/mol. The Labute approximate surface area is 141 Å². The first-order chi connectivity index (χ1) is 11.8. The maximum atomic E-state index is 12.4. The summed E-state index contributed by atoms with van der Waals surface area (Å²) in [5, 5.41) is 0. The molecule has 1 aliphatic rings. The molecule has 5 heteroatoms. The predicted molar refractivity (Wildman–Crippen MR) is 90.5 cm³/mol. The maximum absolute atomic E-state index is 12.4. The predicted octanol–water partition coefficient (Wildman–Crippen LogP) is 2.75. The second-order valence-electron chi connectivity index (χ2n) is 5.53. The van der Waals surface area contributed by atoms with E-state index in [0.29, 0.717) is 25.4 Å². The molecule has 1 amide bonds. The van der Waals surface area contributed by atoms with E-state index in [0.717, 1.165) is 11.5 Å². The molecule has 0 saturated carbocycles. The summed E-state index contributed by atoms with van der Waals surface area (Å²) >= 11 is 0. The fourth-order valence-electron chi connectivity index (χ4n) is 2.56. The molecule has 5 nitrogen and oxygen atoms in total. The molecule has 0 spiro atoms. The molecular formula is C19H21NO4. The van der Waals surface area contributed by atoms with Gasteiger partial charge in [0.05, 0.1) is 6.54 Å². The van der Waals surface area contributed by atoms with Gasteiger partial charge in [0, 0.05) is 6.54 Å². The molecule has 1 aliphatic heterocycles. The Morgan fingerprint density at radius 3 is 2.58 bits per heavy atom. The van der Waals surface area contributed by atoms with Gasteiger partial charge in [-0.05, 0) is 31.2 Å². The highest BCUT2D eigenvalue weighted by Gasteiger charge is 2.24. The molecule has 0 aromatic heterocycles. The molecule has 0 radical (unpaired) electrons. The first-order valence-electron chi connectivity index (χ1n) is 8.10. The van der Waals surface area contributed by atoms with Crippen LogP contribution in [-0.4, -0.2) is 43.2 Å². The summed E-state index contributed by atoms with van der Waals surface area (Å²) in [5.74, 6) is 2.09. The zero-order valence-corrected chi connectivity index (χ0v) is 13.7. The van der Waals surface area contributed by atoms with E-state index >= 15 is 0 Å². The second kappa shape index (κ2) is 7.73. The number of carbonyl (C=O) groups is 1. The van der Waals surface area contributed by atoms with Crippen molar-refractivity contribution < 1.29 is 19.0 Å². The van der Waals surface area contributed by atoms with Crippen LogP contribution in [-0.2, 0) is 4.79 Å². The molecule has 1 atom stereocenters. The molecule has 0 saturated heterocycles. The van der Waals surface area contributed by atoms with Gasteiger partial charge in [0.25, 0.3) is 5.91 Å². The summed E-state index contributed by atoms with van der Waals surface area (Å²) in [6, 6.07) is 16.9. The van der Waals surface area contributed by atoms with Crippen LogP contribution in [0.2, 0.25) is 0 Å². The summed E-state index contributed by atoms with van der Waals surface area (Å²) in [6.45, 7) is 3.46. The van der Waals surface area contributed by atoms with Gasteiger partial charge in [0.2, 0.25) is 0 Å². The average Bonchev–Trinajstić information content (AvgIpc) is 2.65. The SMILES string of the molecule is CCN(CC1COc2ccccc2O1)C(=O)COc1ccccc1. The largest absolute Gasteiger partial charge is 0.486 e. The van der Waals surface area contributed by atoms with Gasteiger partial charge in [-0.1, -0.05) is 30.3 Å². The monoisotopic (exact) mass is 327 g/mol. The van der Waals surface area contributed by atoms with Gasteiger partial charge in [-0.25, -0.2) is 0 Å². The van der Waals surface area contributed by atoms with Gasteiger partial charge in [-0.2, -0.15) is 0 Å². The van der Waals surface area contributed by atoms with Crippen LogP contribution >= 0.6 is 0 Å². The average molecular weight is 327 g/mol. The Morgan fingerprint density at radius 1 is 1.12 bits per heavy atom. The van der Waals surface area contributed by atoms with Crippen molar-refractivity contribution in [1.82, 2.24) is 4.90 Å². The Kier molecular flexibility index (Phi) is 5.21. The molecule has 24 heavy (non-hydrogen) atoms. The third-order valence-electron chi connectivity index (χ3n) is 3.83. The number of para-hydroxylation sites is 3. The molecule has 3 rings (SSSR count). The molecule has 0 bridgehead atoms. The van der Waals surface area contributed by atoms with Crippen molar-refractivity contribution in [3.05, 3.63) is 54.6 Å². The number of likely N-dealkylation sites (N-methyl/N-ethyl adjacent to an activating group) is 1. The van der Waals surface area contributed by atoms with Crippen molar-refractivity contribution in [2.24, 2.45) is 0 Å². The number of hydrogen-bond donors (Lipinski definition) is 0. The van der Waals surface area contributed by atoms with Crippen LogP contribution in [0.15, 0.2) is 54.6 Å². The van der Waals surface area contributed by atoms with Crippen molar-refractivity contribution >= 4 is 5.91 Å². The van der Waals surface area contributed by atoms with Gasteiger partial charge in [-0.15, -0.1) is 0 Å². The zero-order valence-electron chi connectivity index (χ0n) is 13.7. The number of rotatable bonds is 6. The minimum absolute atomic E-state index is 0.0159. The summed E-state index contributed by atoms with van der Waals surface area (Å²) in [5.41, 5.74) is 0. The lowest BCUT2D eigenvalue weighted by Gasteiger charge is -2.30. The molecule has 0 fully saturated rings. The number of hydrogen-bond acceptors (Lipinski definition) is 4. The van der Waals surface area contributed by atoms with Crippen molar-refractivity contribution in [3.8, 4) is 17.2 Å². The molecule has 1 unspecified atom stereocenters. The van der Waals surface area contributed by atoms with Crippen LogP contribution in [0.3, 0.4) is 0 Å². The fraction of sp³-hybridized carbons (Fsp3) is 0.316. The van der Waals surface area contributed by atoms with Crippen molar-refractivity contribution in [2.45, 2.75) is 13.0 Å². The van der Waals surface area contributed by atoms with E-state index in [2.05, 4.69) is 0 Å². The lowest BCUT2D eigenvalue weighted by molar-refractivity contribution is -0.134. The normalized spacial score (nSPS) is 15.6. The van der Waals surface area contributed by atoms with E-state index in [1.165, 1.54) is 0 Å². The molecule has 126 valence electrons. The molecule has 0 N–H and O–H groups in total. The number of ether oxygens (including phenoxy) is 3. The minimum atomic E-state index is -0.180. The Balaban J connectivity index is 1.54. The Hall–Kier alpha value is -2.69. The van der Waals surface area contributed by atoms with Gasteiger partial charge < -0.3 is 19.1 Å². The van der Waals surface area contributed by atoms with Gasteiger partial charge in [-0.3, -0.25) is 4.79 Å². The highest BCUT2D eigenvalue weighted by Crippen LogP contribution is 2.31. The fourth-order valence-corrected chi connectivity index (χ4v) is 2.56. The maximum Gasteiger partial charge on any atom is 0.260 e. The van der Waals surface area contributed by atoms with Crippen LogP contribution in [0.25, 0.3) is 0 Å². The lowest BCUT2D eigenvalue weighted by Crippen LogP contribution is -2.45. The van der Waals surface area contributed by atoms with Crippen LogP contribution in [0, 0.1) is 0 Å². The highest BCUT2D eigenvalue weighted by molar-refractivity contribution is 5.77. The van der Waals surface area contributed by atoms with E-state index in [1.807, 2.05) is 61.5 Å². The topological polar surface area (TPSA) is 48.0 Å². The van der Waals surface area contributed by atoms with E-state index in [1.54, 1.807) is 4.90 Å². The first-order valence-corrected chi connectivity index (χ1v) is 8.10. The molecule has 2 aromatic rings. The van der Waals surface area contributed by atoms with Crippen LogP contribution in [0.5, 0.6) is 17.2 Å². The molecule has 1 heterocycles. The zero-order chi connectivity index (χ0) is 16.8. The number of fused-ring (bicyclic) bond motifs is 1. The third-order valence-corrected chi connectivity index (χ3v) is 3.83. The number of carbonyl (C=O) groups excluding carboxylic acids is 1. The summed E-state index contributed by atoms with van der Waals surface area (Å²) in [7, 11) is 0. The van der Waals surface area contributed by atoms with E-state index in [4.69, 9.17) is 14.2 Å². The smallest absolute Gasteiger partial charge is 0.260 e. The number of benzene rings is 2. The minimum Gasteiger partial charge on any atom is -0.486 e. The van der Waals surface area contributed by atoms with Gasteiger partial charge >= 0.3 is 0 Å². The molecule has 2 aromatic carbocycles. The van der Waals surface area contributed by atoms with Crippen molar-refractivity contribution in [1.29, 1.82) is 0 Å². The Bertz CT molecular complexity index is 674. The van der Waals surface area contributed by atoms with Gasteiger partial charge in [0.15, 0.2) is 24.2 Å². The van der Waals surface area contributed by atoms with E-state index in [-0.39, 0.29) is 18.6 Å². The van der Waals surface area contributed by atoms with E-state index < -0.39 is 0 Å². The number of amides is 1. The summed E-state index contributed by atoms with van der Waals surface area (Å²) in [4.78, 5) is 14.1. The van der Waals surface area contributed by atoms with Crippen molar-refractivity contribution in [2.75, 3.05) is 26.3 Å². The summed E-state index contributed by atoms with van der Waals surface area (Å²) in [6.07, 6.45) is -0.180. The lowest BCUT2D eigenvalue weighted by atomic mass is 10.2. The van der Waals surface area contributed by atoms with Crippen LogP contribution in [0.1, 0.15) is 6.92 Å². The van der Waals surface area contributed by atoms with Gasteiger partial charge in [0.1, 0.15) is 12.4 Å². The molecule has 0 aliphatic carbocycles. The highest BCUT2D eigenvalue weighted by atomic mass is 16.6. The van der Waals surface area contributed by atoms with Crippen molar-refractivity contribution in [3.63, 3.8) is 0 Å². The van der Waals surface area contributed by atoms with Crippen LogP contribution in [0.4, 0.5) is 0 Å². The standard InChI is InChI=1S/C19H21NO4/c1-2-20(19(21)14-22-15-8-4-3-5-9-15)12-16-13-23-17-10-6-7-11-18(17)24-16/h3-11,16H,2,12-14H2,1H3. The Morgan fingerprint density at radius 2 is 1.83 bits per heavy atom. The first kappa shape index (κ1) is 16.2. The van der Waals surface area contributed by atoms with E-state index in [9.17, 15) is 4.79 Å². The number of nitrogens with zero attached hydrogens (tertiary/aromatic N) is 1.